The lowest BCUT2D eigenvalue weighted by molar-refractivity contribution is -0.131. The second-order valence-electron chi connectivity index (χ2n) is 6.45. The smallest absolute Gasteiger partial charge is 0.251 e. The fraction of sp³-hybridized carbons (Fsp3) is 0.286. The highest BCUT2D eigenvalue weighted by atomic mass is 16.2. The monoisotopic (exact) mass is 365 g/mol. The zero-order chi connectivity index (χ0) is 19.1. The van der Waals surface area contributed by atoms with Crippen LogP contribution in [0.25, 0.3) is 0 Å². The number of rotatable bonds is 6. The summed E-state index contributed by atoms with van der Waals surface area (Å²) in [6.45, 7) is 3.30. The Balaban J connectivity index is 1.40. The van der Waals surface area contributed by atoms with Gasteiger partial charge in [-0.15, -0.1) is 0 Å². The molecule has 27 heavy (non-hydrogen) atoms. The Bertz CT molecular complexity index is 782. The van der Waals surface area contributed by atoms with Gasteiger partial charge in [0, 0.05) is 56.0 Å². The predicted molar refractivity (Wildman–Crippen MR) is 104 cm³/mol. The highest BCUT2D eigenvalue weighted by Crippen LogP contribution is 2.15. The van der Waals surface area contributed by atoms with Gasteiger partial charge in [-0.25, -0.2) is 0 Å². The van der Waals surface area contributed by atoms with E-state index in [0.29, 0.717) is 30.8 Å². The number of carbonyl (C=O) groups is 3. The Kier molecular flexibility index (Phi) is 6.20. The summed E-state index contributed by atoms with van der Waals surface area (Å²) in [6.07, 6.45) is 1.02. The van der Waals surface area contributed by atoms with Crippen LogP contribution in [-0.4, -0.2) is 55.7 Å². The minimum atomic E-state index is -0.242. The molecule has 0 saturated carbocycles. The van der Waals surface area contributed by atoms with Gasteiger partial charge in [-0.05, 0) is 24.3 Å². The molecule has 0 bridgehead atoms. The average Bonchev–Trinajstić information content (AvgIpc) is 2.74. The standard InChI is InChI=1S/C21H23N3O3/c25-16-17-6-8-18(9-7-17)21(27)22-11-10-20(26)24-14-12-23(13-15-24)19-4-2-1-3-5-19/h1-9,16H,10-15H2,(H,22,27). The van der Waals surface area contributed by atoms with E-state index >= 15 is 0 Å². The highest BCUT2D eigenvalue weighted by molar-refractivity contribution is 5.95. The third kappa shape index (κ3) is 4.94. The summed E-state index contributed by atoms with van der Waals surface area (Å²) in [6, 6.07) is 16.6. The number of benzene rings is 2. The molecule has 0 atom stereocenters. The normalized spacial score (nSPS) is 13.9. The molecule has 1 saturated heterocycles. The van der Waals surface area contributed by atoms with Crippen molar-refractivity contribution in [1.29, 1.82) is 0 Å². The van der Waals surface area contributed by atoms with Crippen LogP contribution in [0, 0.1) is 0 Å². The first-order chi connectivity index (χ1) is 13.2. The summed E-state index contributed by atoms with van der Waals surface area (Å²) in [4.78, 5) is 39.2. The molecule has 1 aliphatic rings. The summed E-state index contributed by atoms with van der Waals surface area (Å²) in [5.74, 6) is -0.187. The Morgan fingerprint density at radius 1 is 0.926 bits per heavy atom. The number of piperazine rings is 1. The Hall–Kier alpha value is -3.15. The third-order valence-electron chi connectivity index (χ3n) is 4.69. The van der Waals surface area contributed by atoms with E-state index in [4.69, 9.17) is 0 Å². The maximum absolute atomic E-state index is 12.4. The van der Waals surface area contributed by atoms with Gasteiger partial charge in [-0.3, -0.25) is 14.4 Å². The van der Waals surface area contributed by atoms with Crippen LogP contribution in [0.15, 0.2) is 54.6 Å². The molecule has 0 unspecified atom stereocenters. The number of hydrogen-bond donors (Lipinski definition) is 1. The summed E-state index contributed by atoms with van der Waals surface area (Å²) in [7, 11) is 0. The van der Waals surface area contributed by atoms with Crippen molar-refractivity contribution in [2.24, 2.45) is 0 Å². The number of amides is 2. The number of anilines is 1. The molecule has 2 amide bonds. The van der Waals surface area contributed by atoms with Crippen molar-refractivity contribution in [2.45, 2.75) is 6.42 Å². The van der Waals surface area contributed by atoms with Gasteiger partial charge >= 0.3 is 0 Å². The molecule has 0 aromatic heterocycles. The molecule has 1 heterocycles. The first-order valence-corrected chi connectivity index (χ1v) is 9.08. The van der Waals surface area contributed by atoms with Crippen LogP contribution in [0.3, 0.4) is 0 Å². The van der Waals surface area contributed by atoms with Gasteiger partial charge in [-0.1, -0.05) is 30.3 Å². The zero-order valence-corrected chi connectivity index (χ0v) is 15.1. The van der Waals surface area contributed by atoms with E-state index in [2.05, 4.69) is 22.3 Å². The maximum Gasteiger partial charge on any atom is 0.251 e. The van der Waals surface area contributed by atoms with Crippen LogP contribution in [0.5, 0.6) is 0 Å². The fourth-order valence-electron chi connectivity index (χ4n) is 3.11. The molecule has 2 aromatic carbocycles. The second kappa shape index (κ2) is 8.98. The van der Waals surface area contributed by atoms with Crippen LogP contribution in [-0.2, 0) is 4.79 Å². The van der Waals surface area contributed by atoms with Crippen molar-refractivity contribution < 1.29 is 14.4 Å². The van der Waals surface area contributed by atoms with Crippen LogP contribution < -0.4 is 10.2 Å². The van der Waals surface area contributed by atoms with E-state index in [1.54, 1.807) is 24.3 Å². The molecule has 6 heteroatoms. The number of hydrogen-bond acceptors (Lipinski definition) is 4. The molecular weight excluding hydrogens is 342 g/mol. The topological polar surface area (TPSA) is 69.7 Å². The van der Waals surface area contributed by atoms with Crippen molar-refractivity contribution >= 4 is 23.8 Å². The zero-order valence-electron chi connectivity index (χ0n) is 15.1. The predicted octanol–water partition coefficient (Wildman–Crippen LogP) is 1.97. The van der Waals surface area contributed by atoms with Gasteiger partial charge in [0.15, 0.2) is 0 Å². The molecule has 0 radical (unpaired) electrons. The van der Waals surface area contributed by atoms with E-state index in [-0.39, 0.29) is 18.2 Å². The molecular formula is C21H23N3O3. The molecule has 1 fully saturated rings. The number of nitrogens with one attached hydrogen (secondary N) is 1. The van der Waals surface area contributed by atoms with E-state index in [9.17, 15) is 14.4 Å². The Morgan fingerprint density at radius 3 is 2.22 bits per heavy atom. The number of para-hydroxylation sites is 1. The lowest BCUT2D eigenvalue weighted by Crippen LogP contribution is -2.49. The lowest BCUT2D eigenvalue weighted by Gasteiger charge is -2.36. The minimum absolute atomic E-state index is 0.0549. The molecule has 3 rings (SSSR count). The van der Waals surface area contributed by atoms with E-state index in [1.807, 2.05) is 23.1 Å². The molecule has 0 aliphatic carbocycles. The van der Waals surface area contributed by atoms with Gasteiger partial charge in [0.25, 0.3) is 5.91 Å². The highest BCUT2D eigenvalue weighted by Gasteiger charge is 2.21. The van der Waals surface area contributed by atoms with Gasteiger partial charge in [0.05, 0.1) is 0 Å². The van der Waals surface area contributed by atoms with Crippen molar-refractivity contribution in [3.8, 4) is 0 Å². The first-order valence-electron chi connectivity index (χ1n) is 9.08. The Labute approximate surface area is 158 Å². The van der Waals surface area contributed by atoms with Crippen molar-refractivity contribution in [3.05, 3.63) is 65.7 Å². The van der Waals surface area contributed by atoms with E-state index < -0.39 is 0 Å². The number of carbonyl (C=O) groups excluding carboxylic acids is 3. The molecule has 0 spiro atoms. The van der Waals surface area contributed by atoms with Crippen LogP contribution in [0.4, 0.5) is 5.69 Å². The van der Waals surface area contributed by atoms with Crippen LogP contribution in [0.1, 0.15) is 27.1 Å². The van der Waals surface area contributed by atoms with E-state index in [0.717, 1.165) is 19.4 Å². The molecule has 140 valence electrons. The summed E-state index contributed by atoms with van der Waals surface area (Å²) in [5, 5.41) is 2.76. The van der Waals surface area contributed by atoms with Crippen molar-refractivity contribution in [1.82, 2.24) is 10.2 Å². The second-order valence-corrected chi connectivity index (χ2v) is 6.45. The summed E-state index contributed by atoms with van der Waals surface area (Å²) >= 11 is 0. The summed E-state index contributed by atoms with van der Waals surface area (Å²) in [5.41, 5.74) is 2.18. The van der Waals surface area contributed by atoms with Crippen molar-refractivity contribution in [3.63, 3.8) is 0 Å². The quantitative estimate of drug-likeness (QED) is 0.795. The Morgan fingerprint density at radius 2 is 1.59 bits per heavy atom. The van der Waals surface area contributed by atoms with Gasteiger partial charge in [-0.2, -0.15) is 0 Å². The first kappa shape index (κ1) is 18.6. The average molecular weight is 365 g/mol. The molecule has 1 N–H and O–H groups in total. The third-order valence-corrected chi connectivity index (χ3v) is 4.69. The van der Waals surface area contributed by atoms with Crippen LogP contribution in [0.2, 0.25) is 0 Å². The number of aldehydes is 1. The van der Waals surface area contributed by atoms with E-state index in [1.165, 1.54) is 5.69 Å². The lowest BCUT2D eigenvalue weighted by atomic mass is 10.1. The van der Waals surface area contributed by atoms with Gasteiger partial charge < -0.3 is 15.1 Å². The fourth-order valence-corrected chi connectivity index (χ4v) is 3.11. The SMILES string of the molecule is O=Cc1ccc(C(=O)NCCC(=O)N2CCN(c3ccccc3)CC2)cc1. The molecule has 1 aliphatic heterocycles. The summed E-state index contributed by atoms with van der Waals surface area (Å²) < 4.78 is 0. The number of nitrogens with zero attached hydrogens (tertiary/aromatic N) is 2. The van der Waals surface area contributed by atoms with Crippen LogP contribution >= 0.6 is 0 Å². The largest absolute Gasteiger partial charge is 0.368 e. The van der Waals surface area contributed by atoms with Crippen molar-refractivity contribution in [2.75, 3.05) is 37.6 Å². The van der Waals surface area contributed by atoms with Gasteiger partial charge in [0.1, 0.15) is 6.29 Å². The molecule has 2 aromatic rings. The minimum Gasteiger partial charge on any atom is -0.368 e. The maximum atomic E-state index is 12.4. The van der Waals surface area contributed by atoms with Gasteiger partial charge in [0.2, 0.25) is 5.91 Å². The molecule has 6 nitrogen and oxygen atoms in total.